The van der Waals surface area contributed by atoms with Crippen molar-refractivity contribution in [1.82, 2.24) is 9.35 Å². The minimum Gasteiger partial charge on any atom is -0.238 e. The number of aromatic nitrogens is 3. The normalized spacial score (nSPS) is 10.9. The highest BCUT2D eigenvalue weighted by Crippen LogP contribution is 2.15. The van der Waals surface area contributed by atoms with Crippen LogP contribution in [0.5, 0.6) is 0 Å². The number of nitrogens with zero attached hydrogens (tertiary/aromatic N) is 2. The Morgan fingerprint density at radius 3 is 2.23 bits per heavy atom. The fraction of sp³-hybridized carbons (Fsp3) is 0. The van der Waals surface area contributed by atoms with Crippen LogP contribution in [0, 0.1) is 0 Å². The maximum atomic E-state index is 12.9. The second kappa shape index (κ2) is 5.00. The number of nitrogens with one attached hydrogen (secondary N) is 1. The van der Waals surface area contributed by atoms with E-state index >= 15 is 0 Å². The Labute approximate surface area is 126 Å². The van der Waals surface area contributed by atoms with E-state index in [4.69, 9.17) is 0 Å². The zero-order valence-corrected chi connectivity index (χ0v) is 11.8. The van der Waals surface area contributed by atoms with Gasteiger partial charge in [0, 0.05) is 12.4 Å². The summed E-state index contributed by atoms with van der Waals surface area (Å²) in [6.45, 7) is 0. The predicted molar refractivity (Wildman–Crippen MR) is 85.4 cm³/mol. The van der Waals surface area contributed by atoms with Crippen LogP contribution in [-0.4, -0.2) is 9.35 Å². The molecule has 0 fully saturated rings. The fourth-order valence-corrected chi connectivity index (χ4v) is 2.64. The minimum absolute atomic E-state index is 0.0515. The highest BCUT2D eigenvalue weighted by Gasteiger charge is 2.20. The van der Waals surface area contributed by atoms with Crippen LogP contribution in [0.15, 0.2) is 83.9 Å². The van der Waals surface area contributed by atoms with Gasteiger partial charge in [-0.2, -0.15) is 4.68 Å². The van der Waals surface area contributed by atoms with Crippen LogP contribution in [0.2, 0.25) is 0 Å². The zero-order chi connectivity index (χ0) is 14.9. The van der Waals surface area contributed by atoms with Gasteiger partial charge in [0.2, 0.25) is 0 Å². The molecule has 0 bridgehead atoms. The standard InChI is InChI=1S/C18H13N3O/c22-18-15-10-4-5-11-16(15)19-17(14-8-2-1-3-9-14)21(18)20-12-6-7-13-20/h1-13H/p+1. The molecule has 0 unspecified atom stereocenters. The molecule has 0 aliphatic carbocycles. The van der Waals surface area contributed by atoms with Crippen LogP contribution in [0.4, 0.5) is 0 Å². The van der Waals surface area contributed by atoms with Crippen LogP contribution < -0.4 is 10.5 Å². The van der Waals surface area contributed by atoms with E-state index in [9.17, 15) is 4.79 Å². The lowest BCUT2D eigenvalue weighted by molar-refractivity contribution is -0.339. The first-order valence-electron chi connectivity index (χ1n) is 7.11. The minimum atomic E-state index is -0.0515. The van der Waals surface area contributed by atoms with E-state index in [1.54, 1.807) is 9.35 Å². The summed E-state index contributed by atoms with van der Waals surface area (Å²) in [5.74, 6) is 0.750. The van der Waals surface area contributed by atoms with E-state index in [-0.39, 0.29) is 5.56 Å². The van der Waals surface area contributed by atoms with E-state index in [1.165, 1.54) is 0 Å². The van der Waals surface area contributed by atoms with Gasteiger partial charge in [-0.15, -0.1) is 0 Å². The molecule has 0 atom stereocenters. The third-order valence-corrected chi connectivity index (χ3v) is 3.68. The smallest absolute Gasteiger partial charge is 0.238 e. The number of benzene rings is 2. The third kappa shape index (κ3) is 1.93. The molecular formula is C18H14N3O+. The highest BCUT2D eigenvalue weighted by atomic mass is 16.1. The first-order chi connectivity index (χ1) is 10.8. The molecule has 0 aliphatic rings. The van der Waals surface area contributed by atoms with Crippen molar-refractivity contribution in [3.05, 3.63) is 89.5 Å². The Balaban J connectivity index is 2.14. The molecule has 2 aromatic heterocycles. The predicted octanol–water partition coefficient (Wildman–Crippen LogP) is 2.60. The molecule has 0 saturated heterocycles. The largest absolute Gasteiger partial charge is 0.369 e. The maximum absolute atomic E-state index is 12.9. The first kappa shape index (κ1) is 12.6. The van der Waals surface area contributed by atoms with Gasteiger partial charge in [0.05, 0.1) is 5.56 Å². The summed E-state index contributed by atoms with van der Waals surface area (Å²) in [6.07, 6.45) is 3.72. The molecule has 0 aliphatic heterocycles. The average Bonchev–Trinajstić information content (AvgIpc) is 3.10. The van der Waals surface area contributed by atoms with Crippen molar-refractivity contribution in [2.75, 3.05) is 0 Å². The number of para-hydroxylation sites is 1. The summed E-state index contributed by atoms with van der Waals surface area (Å²) < 4.78 is 3.44. The van der Waals surface area contributed by atoms with Crippen LogP contribution in [0.1, 0.15) is 0 Å². The monoisotopic (exact) mass is 288 g/mol. The Morgan fingerprint density at radius 2 is 1.45 bits per heavy atom. The molecular weight excluding hydrogens is 274 g/mol. The Bertz CT molecular complexity index is 986. The number of hydrogen-bond donors (Lipinski definition) is 0. The number of hydrogen-bond acceptors (Lipinski definition) is 1. The molecule has 0 amide bonds. The van der Waals surface area contributed by atoms with Crippen molar-refractivity contribution < 1.29 is 4.98 Å². The van der Waals surface area contributed by atoms with Gasteiger partial charge in [0.1, 0.15) is 10.9 Å². The maximum Gasteiger partial charge on any atom is 0.369 e. The molecule has 22 heavy (non-hydrogen) atoms. The zero-order valence-electron chi connectivity index (χ0n) is 11.8. The Hall–Kier alpha value is -3.14. The summed E-state index contributed by atoms with van der Waals surface area (Å²) in [5.41, 5.74) is 1.73. The van der Waals surface area contributed by atoms with Gasteiger partial charge in [-0.1, -0.05) is 35.0 Å². The van der Waals surface area contributed by atoms with Crippen molar-refractivity contribution in [3.63, 3.8) is 0 Å². The molecule has 4 heteroatoms. The second-order valence-electron chi connectivity index (χ2n) is 5.07. The number of fused-ring (bicyclic) bond motifs is 1. The Kier molecular flexibility index (Phi) is 2.86. The van der Waals surface area contributed by atoms with Crippen LogP contribution in [0.3, 0.4) is 0 Å². The third-order valence-electron chi connectivity index (χ3n) is 3.68. The van der Waals surface area contributed by atoms with Gasteiger partial charge in [-0.25, -0.2) is 9.78 Å². The number of H-pyrrole nitrogens is 1. The summed E-state index contributed by atoms with van der Waals surface area (Å²) in [6, 6.07) is 21.2. The lowest BCUT2D eigenvalue weighted by atomic mass is 10.2. The molecule has 0 spiro atoms. The first-order valence-corrected chi connectivity index (χ1v) is 7.11. The van der Waals surface area contributed by atoms with Crippen LogP contribution in [-0.2, 0) is 0 Å². The van der Waals surface area contributed by atoms with Gasteiger partial charge in [0.25, 0.3) is 0 Å². The van der Waals surface area contributed by atoms with Gasteiger partial charge < -0.3 is 0 Å². The number of aromatic amines is 1. The SMILES string of the molecule is O=c1c2ccccc2[nH+]c(-c2ccccc2)n1-n1cccc1. The van der Waals surface area contributed by atoms with Crippen molar-refractivity contribution in [2.24, 2.45) is 0 Å². The molecule has 4 rings (SSSR count). The van der Waals surface area contributed by atoms with Crippen molar-refractivity contribution in [3.8, 4) is 11.4 Å². The summed E-state index contributed by atoms with van der Waals surface area (Å²) in [5, 5.41) is 0.663. The quantitative estimate of drug-likeness (QED) is 0.559. The van der Waals surface area contributed by atoms with Gasteiger partial charge in [0.15, 0.2) is 0 Å². The van der Waals surface area contributed by atoms with Crippen LogP contribution in [0.25, 0.3) is 22.3 Å². The summed E-state index contributed by atoms with van der Waals surface area (Å²) in [7, 11) is 0. The molecule has 2 heterocycles. The molecule has 2 aromatic carbocycles. The van der Waals surface area contributed by atoms with Gasteiger partial charge >= 0.3 is 11.4 Å². The van der Waals surface area contributed by atoms with E-state index < -0.39 is 0 Å². The van der Waals surface area contributed by atoms with Gasteiger partial charge in [-0.3, -0.25) is 0 Å². The fourth-order valence-electron chi connectivity index (χ4n) is 2.64. The average molecular weight is 288 g/mol. The Morgan fingerprint density at radius 1 is 0.773 bits per heavy atom. The lowest BCUT2D eigenvalue weighted by Crippen LogP contribution is -2.33. The van der Waals surface area contributed by atoms with Crippen LogP contribution >= 0.6 is 0 Å². The molecule has 106 valence electrons. The molecule has 1 N–H and O–H groups in total. The molecule has 0 saturated carbocycles. The summed E-state index contributed by atoms with van der Waals surface area (Å²) in [4.78, 5) is 16.3. The summed E-state index contributed by atoms with van der Waals surface area (Å²) >= 11 is 0. The van der Waals surface area contributed by atoms with E-state index in [1.807, 2.05) is 79.1 Å². The molecule has 4 aromatic rings. The van der Waals surface area contributed by atoms with Gasteiger partial charge in [-0.05, 0) is 36.4 Å². The lowest BCUT2D eigenvalue weighted by Gasteiger charge is -2.07. The van der Waals surface area contributed by atoms with E-state index in [0.29, 0.717) is 5.39 Å². The van der Waals surface area contributed by atoms with Crippen molar-refractivity contribution >= 4 is 10.9 Å². The van der Waals surface area contributed by atoms with E-state index in [2.05, 4.69) is 4.98 Å². The van der Waals surface area contributed by atoms with Crippen molar-refractivity contribution in [2.45, 2.75) is 0 Å². The topological polar surface area (TPSA) is 41.1 Å². The molecule has 4 nitrogen and oxygen atoms in total. The number of rotatable bonds is 2. The highest BCUT2D eigenvalue weighted by molar-refractivity contribution is 5.75. The van der Waals surface area contributed by atoms with Crippen molar-refractivity contribution in [1.29, 1.82) is 0 Å². The molecule has 0 radical (unpaired) electrons. The second-order valence-corrected chi connectivity index (χ2v) is 5.07. The van der Waals surface area contributed by atoms with E-state index in [0.717, 1.165) is 16.9 Å².